The van der Waals surface area contributed by atoms with Crippen molar-refractivity contribution in [1.82, 2.24) is 5.32 Å². The Kier molecular flexibility index (Phi) is 5.31. The minimum atomic E-state index is -0.839. The third-order valence-electron chi connectivity index (χ3n) is 3.36. The molecule has 0 aromatic heterocycles. The normalized spacial score (nSPS) is 12.2. The van der Waals surface area contributed by atoms with Crippen molar-refractivity contribution in [1.29, 1.82) is 0 Å². The van der Waals surface area contributed by atoms with Crippen LogP contribution in [0.25, 0.3) is 0 Å². The molecular weight excluding hydrogens is 340 g/mol. The van der Waals surface area contributed by atoms with Crippen LogP contribution < -0.4 is 10.1 Å². The fraction of sp³-hybridized carbons (Fsp3) is 0.250. The highest BCUT2D eigenvalue weighted by Gasteiger charge is 2.15. The Morgan fingerprint density at radius 2 is 1.90 bits per heavy atom. The molecule has 0 amide bonds. The molecule has 2 aromatic rings. The van der Waals surface area contributed by atoms with E-state index in [-0.39, 0.29) is 6.04 Å². The molecule has 0 bridgehead atoms. The van der Waals surface area contributed by atoms with Gasteiger partial charge in [0.1, 0.15) is 5.75 Å². The van der Waals surface area contributed by atoms with Crippen molar-refractivity contribution < 1.29 is 13.5 Å². The first-order valence-electron chi connectivity index (χ1n) is 6.49. The number of ether oxygens (including phenoxy) is 1. The van der Waals surface area contributed by atoms with Crippen LogP contribution in [0.2, 0.25) is 0 Å². The van der Waals surface area contributed by atoms with Gasteiger partial charge in [-0.05, 0) is 54.9 Å². The Balaban J connectivity index is 2.30. The summed E-state index contributed by atoms with van der Waals surface area (Å²) in [4.78, 5) is 0. The van der Waals surface area contributed by atoms with E-state index in [9.17, 15) is 8.78 Å². The molecule has 0 radical (unpaired) electrons. The maximum absolute atomic E-state index is 13.4. The predicted molar refractivity (Wildman–Crippen MR) is 82.6 cm³/mol. The Morgan fingerprint density at radius 3 is 2.52 bits per heavy atom. The number of halogens is 3. The van der Waals surface area contributed by atoms with Gasteiger partial charge in [-0.15, -0.1) is 0 Å². The summed E-state index contributed by atoms with van der Waals surface area (Å²) in [7, 11) is 3.40. The molecule has 2 aromatic carbocycles. The molecule has 2 rings (SSSR count). The van der Waals surface area contributed by atoms with Gasteiger partial charge in [0.15, 0.2) is 11.6 Å². The van der Waals surface area contributed by atoms with Gasteiger partial charge < -0.3 is 10.1 Å². The Labute approximate surface area is 131 Å². The van der Waals surface area contributed by atoms with E-state index in [1.54, 1.807) is 20.2 Å². The van der Waals surface area contributed by atoms with Crippen LogP contribution in [-0.4, -0.2) is 14.2 Å². The summed E-state index contributed by atoms with van der Waals surface area (Å²) in [6.45, 7) is 0. The SMILES string of the molecule is CNC(Cc1cc(Br)ccc1OC)c1ccc(F)c(F)c1. The summed E-state index contributed by atoms with van der Waals surface area (Å²) in [5.74, 6) is -0.913. The van der Waals surface area contributed by atoms with E-state index in [1.807, 2.05) is 18.2 Å². The maximum atomic E-state index is 13.4. The minimum absolute atomic E-state index is 0.136. The molecule has 0 aliphatic heterocycles. The topological polar surface area (TPSA) is 21.3 Å². The lowest BCUT2D eigenvalue weighted by molar-refractivity contribution is 0.406. The second kappa shape index (κ2) is 7.00. The zero-order valence-corrected chi connectivity index (χ0v) is 13.4. The van der Waals surface area contributed by atoms with Crippen LogP contribution in [0.4, 0.5) is 8.78 Å². The summed E-state index contributed by atoms with van der Waals surface area (Å²) in [6, 6.07) is 9.55. The van der Waals surface area contributed by atoms with Crippen LogP contribution in [0.15, 0.2) is 40.9 Å². The first-order valence-corrected chi connectivity index (χ1v) is 7.29. The molecule has 0 aliphatic rings. The number of likely N-dealkylation sites (N-methyl/N-ethyl adjacent to an activating group) is 1. The van der Waals surface area contributed by atoms with Gasteiger partial charge >= 0.3 is 0 Å². The van der Waals surface area contributed by atoms with E-state index in [4.69, 9.17) is 4.74 Å². The van der Waals surface area contributed by atoms with Crippen LogP contribution in [0, 0.1) is 11.6 Å². The van der Waals surface area contributed by atoms with Crippen LogP contribution in [0.1, 0.15) is 17.2 Å². The van der Waals surface area contributed by atoms with Crippen LogP contribution in [-0.2, 0) is 6.42 Å². The van der Waals surface area contributed by atoms with Crippen molar-refractivity contribution >= 4 is 15.9 Å². The molecule has 2 nitrogen and oxygen atoms in total. The monoisotopic (exact) mass is 355 g/mol. The van der Waals surface area contributed by atoms with E-state index in [0.717, 1.165) is 21.9 Å². The molecule has 112 valence electrons. The summed E-state index contributed by atoms with van der Waals surface area (Å²) in [6.07, 6.45) is 0.601. The van der Waals surface area contributed by atoms with Gasteiger partial charge in [0, 0.05) is 10.5 Å². The molecule has 5 heteroatoms. The van der Waals surface area contributed by atoms with Crippen molar-refractivity contribution in [2.24, 2.45) is 0 Å². The van der Waals surface area contributed by atoms with Crippen LogP contribution in [0.3, 0.4) is 0 Å². The Morgan fingerprint density at radius 1 is 1.14 bits per heavy atom. The number of hydrogen-bond acceptors (Lipinski definition) is 2. The lowest BCUT2D eigenvalue weighted by Crippen LogP contribution is -2.19. The molecule has 1 atom stereocenters. The zero-order chi connectivity index (χ0) is 15.4. The molecule has 1 N–H and O–H groups in total. The molecular formula is C16H16BrF2NO. The van der Waals surface area contributed by atoms with Gasteiger partial charge in [-0.25, -0.2) is 8.78 Å². The lowest BCUT2D eigenvalue weighted by Gasteiger charge is -2.19. The fourth-order valence-corrected chi connectivity index (χ4v) is 2.65. The average Bonchev–Trinajstić information content (AvgIpc) is 2.48. The zero-order valence-electron chi connectivity index (χ0n) is 11.8. The smallest absolute Gasteiger partial charge is 0.159 e. The van der Waals surface area contributed by atoms with Crippen LogP contribution >= 0.6 is 15.9 Å². The lowest BCUT2D eigenvalue weighted by atomic mass is 9.98. The van der Waals surface area contributed by atoms with Gasteiger partial charge in [-0.1, -0.05) is 22.0 Å². The molecule has 0 spiro atoms. The van der Waals surface area contributed by atoms with E-state index in [2.05, 4.69) is 21.2 Å². The standard InChI is InChI=1S/C16H16BrF2NO/c1-20-15(10-3-5-13(18)14(19)8-10)9-11-7-12(17)4-6-16(11)21-2/h3-8,15,20H,9H2,1-2H3. The second-order valence-corrected chi connectivity index (χ2v) is 5.59. The third kappa shape index (κ3) is 3.80. The van der Waals surface area contributed by atoms with Crippen molar-refractivity contribution in [3.63, 3.8) is 0 Å². The van der Waals surface area contributed by atoms with E-state index in [1.165, 1.54) is 6.07 Å². The minimum Gasteiger partial charge on any atom is -0.496 e. The van der Waals surface area contributed by atoms with Crippen LogP contribution in [0.5, 0.6) is 5.75 Å². The first-order chi connectivity index (χ1) is 10.0. The summed E-state index contributed by atoms with van der Waals surface area (Å²) < 4.78 is 32.7. The van der Waals surface area contributed by atoms with E-state index >= 15 is 0 Å². The Bertz CT molecular complexity index is 634. The number of rotatable bonds is 5. The van der Waals surface area contributed by atoms with E-state index in [0.29, 0.717) is 12.0 Å². The molecule has 0 saturated carbocycles. The number of nitrogens with one attached hydrogen (secondary N) is 1. The number of hydrogen-bond donors (Lipinski definition) is 1. The molecule has 0 heterocycles. The molecule has 0 fully saturated rings. The van der Waals surface area contributed by atoms with Crippen molar-refractivity contribution in [2.75, 3.05) is 14.2 Å². The summed E-state index contributed by atoms with van der Waals surface area (Å²) in [5.41, 5.74) is 1.68. The summed E-state index contributed by atoms with van der Waals surface area (Å²) in [5, 5.41) is 3.12. The first kappa shape index (κ1) is 15.9. The van der Waals surface area contributed by atoms with Gasteiger partial charge in [-0.3, -0.25) is 0 Å². The fourth-order valence-electron chi connectivity index (χ4n) is 2.24. The molecule has 0 saturated heterocycles. The van der Waals surface area contributed by atoms with Gasteiger partial charge in [0.2, 0.25) is 0 Å². The predicted octanol–water partition coefficient (Wildman–Crippen LogP) is 4.24. The van der Waals surface area contributed by atoms with Gasteiger partial charge in [-0.2, -0.15) is 0 Å². The molecule has 0 aliphatic carbocycles. The highest BCUT2D eigenvalue weighted by molar-refractivity contribution is 9.10. The third-order valence-corrected chi connectivity index (χ3v) is 3.85. The van der Waals surface area contributed by atoms with Crippen molar-refractivity contribution in [3.8, 4) is 5.75 Å². The maximum Gasteiger partial charge on any atom is 0.159 e. The average molecular weight is 356 g/mol. The van der Waals surface area contributed by atoms with Gasteiger partial charge in [0.25, 0.3) is 0 Å². The van der Waals surface area contributed by atoms with Crippen molar-refractivity contribution in [2.45, 2.75) is 12.5 Å². The van der Waals surface area contributed by atoms with Crippen molar-refractivity contribution in [3.05, 3.63) is 63.6 Å². The number of benzene rings is 2. The highest BCUT2D eigenvalue weighted by atomic mass is 79.9. The summed E-state index contributed by atoms with van der Waals surface area (Å²) >= 11 is 3.43. The highest BCUT2D eigenvalue weighted by Crippen LogP contribution is 2.28. The molecule has 21 heavy (non-hydrogen) atoms. The Hall–Kier alpha value is -1.46. The second-order valence-electron chi connectivity index (χ2n) is 4.68. The molecule has 1 unspecified atom stereocenters. The van der Waals surface area contributed by atoms with E-state index < -0.39 is 11.6 Å². The quantitative estimate of drug-likeness (QED) is 0.865. The van der Waals surface area contributed by atoms with Gasteiger partial charge in [0.05, 0.1) is 7.11 Å². The largest absolute Gasteiger partial charge is 0.496 e. The number of methoxy groups -OCH3 is 1.